The highest BCUT2D eigenvalue weighted by Crippen LogP contribution is 2.28. The lowest BCUT2D eigenvalue weighted by Crippen LogP contribution is -2.44. The van der Waals surface area contributed by atoms with E-state index in [1.807, 2.05) is 12.1 Å². The van der Waals surface area contributed by atoms with Gasteiger partial charge in [0.15, 0.2) is 11.5 Å². The van der Waals surface area contributed by atoms with Gasteiger partial charge in [-0.2, -0.15) is 5.10 Å². The van der Waals surface area contributed by atoms with Crippen LogP contribution in [0.25, 0.3) is 11.0 Å². The van der Waals surface area contributed by atoms with E-state index < -0.39 is 0 Å². The van der Waals surface area contributed by atoms with Gasteiger partial charge in [-0.25, -0.2) is 9.37 Å². The molecule has 4 rings (SSSR count). The molecule has 162 valence electrons. The second-order valence-electron chi connectivity index (χ2n) is 7.77. The molecule has 0 radical (unpaired) electrons. The summed E-state index contributed by atoms with van der Waals surface area (Å²) in [5.41, 5.74) is 2.55. The number of carbonyl (C=O) groups excluding carboxylic acids is 2. The number of halogens is 1. The van der Waals surface area contributed by atoms with Crippen molar-refractivity contribution in [3.05, 3.63) is 53.5 Å². The molecule has 3 N–H and O–H groups in total. The summed E-state index contributed by atoms with van der Waals surface area (Å²) in [5.74, 6) is 0.281. The van der Waals surface area contributed by atoms with Crippen LogP contribution < -0.4 is 10.6 Å². The van der Waals surface area contributed by atoms with Crippen LogP contribution in [0.2, 0.25) is 0 Å². The first-order valence-corrected chi connectivity index (χ1v) is 10.3. The van der Waals surface area contributed by atoms with Gasteiger partial charge in [0, 0.05) is 38.2 Å². The van der Waals surface area contributed by atoms with Gasteiger partial charge in [0.2, 0.25) is 11.8 Å². The molecule has 31 heavy (non-hydrogen) atoms. The van der Waals surface area contributed by atoms with E-state index in [0.29, 0.717) is 31.1 Å². The molecule has 1 aliphatic rings. The maximum absolute atomic E-state index is 13.1. The molecule has 2 amide bonds. The van der Waals surface area contributed by atoms with Gasteiger partial charge in [-0.3, -0.25) is 14.7 Å². The number of rotatable bonds is 6. The molecular weight excluding hydrogens is 399 g/mol. The quantitative estimate of drug-likeness (QED) is 0.564. The van der Waals surface area contributed by atoms with E-state index in [0.717, 1.165) is 29.5 Å². The summed E-state index contributed by atoms with van der Waals surface area (Å²) in [6.45, 7) is 3.23. The largest absolute Gasteiger partial charge is 0.364 e. The van der Waals surface area contributed by atoms with Crippen molar-refractivity contribution in [2.75, 3.05) is 25.0 Å². The number of H-pyrrole nitrogens is 1. The maximum Gasteiger partial charge on any atom is 0.241 e. The molecule has 1 unspecified atom stereocenters. The third-order valence-corrected chi connectivity index (χ3v) is 5.50. The van der Waals surface area contributed by atoms with Crippen LogP contribution in [0.5, 0.6) is 0 Å². The van der Waals surface area contributed by atoms with Crippen LogP contribution >= 0.6 is 0 Å². The van der Waals surface area contributed by atoms with Gasteiger partial charge in [-0.1, -0.05) is 12.1 Å². The molecule has 1 atom stereocenters. The lowest BCUT2D eigenvalue weighted by Gasteiger charge is -2.32. The number of hydrogen-bond donors (Lipinski definition) is 3. The van der Waals surface area contributed by atoms with Crippen molar-refractivity contribution in [1.29, 1.82) is 0 Å². The van der Waals surface area contributed by atoms with Gasteiger partial charge in [0.25, 0.3) is 0 Å². The molecule has 9 heteroatoms. The molecule has 1 saturated heterocycles. The van der Waals surface area contributed by atoms with Crippen LogP contribution in [-0.4, -0.2) is 51.5 Å². The number of anilines is 1. The van der Waals surface area contributed by atoms with Crippen LogP contribution in [0.3, 0.4) is 0 Å². The van der Waals surface area contributed by atoms with Crippen LogP contribution in [0.1, 0.15) is 36.9 Å². The molecule has 2 aromatic heterocycles. The number of pyridine rings is 1. The molecule has 1 fully saturated rings. The third kappa shape index (κ3) is 4.99. The summed E-state index contributed by atoms with van der Waals surface area (Å²) in [6, 6.07) is 10.3. The second-order valence-corrected chi connectivity index (χ2v) is 7.77. The minimum atomic E-state index is -0.260. The van der Waals surface area contributed by atoms with Gasteiger partial charge >= 0.3 is 0 Å². The number of piperidine rings is 1. The zero-order valence-electron chi connectivity index (χ0n) is 17.3. The number of aromatic amines is 1. The monoisotopic (exact) mass is 424 g/mol. The Morgan fingerprint density at radius 3 is 2.81 bits per heavy atom. The molecule has 1 aromatic carbocycles. The zero-order valence-corrected chi connectivity index (χ0v) is 17.3. The van der Waals surface area contributed by atoms with Gasteiger partial charge < -0.3 is 15.5 Å². The Balaban J connectivity index is 1.42. The van der Waals surface area contributed by atoms with Crippen molar-refractivity contribution in [1.82, 2.24) is 25.4 Å². The van der Waals surface area contributed by atoms with Crippen molar-refractivity contribution < 1.29 is 14.0 Å². The number of fused-ring (bicyclic) bond motifs is 1. The van der Waals surface area contributed by atoms with Crippen molar-refractivity contribution in [2.45, 2.75) is 32.2 Å². The van der Waals surface area contributed by atoms with E-state index in [1.54, 1.807) is 17.0 Å². The number of carbonyl (C=O) groups is 2. The molecule has 3 aromatic rings. The Morgan fingerprint density at radius 2 is 2.03 bits per heavy atom. The number of likely N-dealkylation sites (tertiary alicyclic amines) is 1. The van der Waals surface area contributed by atoms with Crippen LogP contribution in [0.4, 0.5) is 10.2 Å². The summed E-state index contributed by atoms with van der Waals surface area (Å²) in [7, 11) is 0. The Kier molecular flexibility index (Phi) is 6.11. The van der Waals surface area contributed by atoms with E-state index in [2.05, 4.69) is 20.8 Å². The van der Waals surface area contributed by atoms with Crippen molar-refractivity contribution in [2.24, 2.45) is 0 Å². The van der Waals surface area contributed by atoms with E-state index in [4.69, 9.17) is 4.98 Å². The van der Waals surface area contributed by atoms with Gasteiger partial charge in [0.05, 0.1) is 11.9 Å². The fourth-order valence-corrected chi connectivity index (χ4v) is 3.83. The lowest BCUT2D eigenvalue weighted by molar-refractivity contribution is -0.133. The SMILES string of the molecule is CC(=O)NCC(=O)N1CCCC(c2ccc3c(NCc4ccc(F)cc4)n[nH]c3n2)C1. The van der Waals surface area contributed by atoms with Crippen molar-refractivity contribution in [3.63, 3.8) is 0 Å². The number of benzene rings is 1. The summed E-state index contributed by atoms with van der Waals surface area (Å²) >= 11 is 0. The number of aromatic nitrogens is 3. The van der Waals surface area contributed by atoms with Crippen LogP contribution in [-0.2, 0) is 16.1 Å². The Hall–Kier alpha value is -3.49. The molecule has 0 saturated carbocycles. The normalized spacial score (nSPS) is 16.3. The Bertz CT molecular complexity index is 1080. The molecule has 0 spiro atoms. The minimum absolute atomic E-state index is 0.0259. The first-order valence-electron chi connectivity index (χ1n) is 10.3. The predicted octanol–water partition coefficient (Wildman–Crippen LogP) is 2.55. The number of nitrogens with one attached hydrogen (secondary N) is 3. The maximum atomic E-state index is 13.1. The smallest absolute Gasteiger partial charge is 0.241 e. The minimum Gasteiger partial charge on any atom is -0.364 e. The molecule has 0 aliphatic carbocycles. The first-order chi connectivity index (χ1) is 15.0. The molecule has 1 aliphatic heterocycles. The van der Waals surface area contributed by atoms with Gasteiger partial charge in [0.1, 0.15) is 5.82 Å². The molecule has 8 nitrogen and oxygen atoms in total. The average molecular weight is 424 g/mol. The lowest BCUT2D eigenvalue weighted by atomic mass is 9.94. The van der Waals surface area contributed by atoms with Crippen LogP contribution in [0, 0.1) is 5.82 Å². The number of hydrogen-bond acceptors (Lipinski definition) is 5. The molecular formula is C22H25FN6O2. The fraction of sp³-hybridized carbons (Fsp3) is 0.364. The van der Waals surface area contributed by atoms with E-state index in [1.165, 1.54) is 19.1 Å². The zero-order chi connectivity index (χ0) is 21.8. The number of nitrogens with zero attached hydrogens (tertiary/aromatic N) is 3. The molecule has 0 bridgehead atoms. The van der Waals surface area contributed by atoms with E-state index in [9.17, 15) is 14.0 Å². The summed E-state index contributed by atoms with van der Waals surface area (Å²) in [5, 5.41) is 14.0. The second kappa shape index (κ2) is 9.11. The molecule has 3 heterocycles. The van der Waals surface area contributed by atoms with Gasteiger partial charge in [-0.05, 0) is 42.7 Å². The van der Waals surface area contributed by atoms with E-state index >= 15 is 0 Å². The highest BCUT2D eigenvalue weighted by Gasteiger charge is 2.26. The topological polar surface area (TPSA) is 103 Å². The first kappa shape index (κ1) is 20.8. The highest BCUT2D eigenvalue weighted by molar-refractivity contribution is 5.87. The van der Waals surface area contributed by atoms with Crippen molar-refractivity contribution in [3.8, 4) is 0 Å². The fourth-order valence-electron chi connectivity index (χ4n) is 3.83. The number of amides is 2. The van der Waals surface area contributed by atoms with Crippen LogP contribution in [0.15, 0.2) is 36.4 Å². The third-order valence-electron chi connectivity index (χ3n) is 5.50. The summed E-state index contributed by atoms with van der Waals surface area (Å²) < 4.78 is 13.1. The standard InChI is InChI=1S/C22H25FN6O2/c1-14(30)24-12-20(31)29-10-2-3-16(13-29)19-9-8-18-21(27-28-22(18)26-19)25-11-15-4-6-17(23)7-5-15/h4-9,16H,2-3,10-13H2,1H3,(H,24,30)(H2,25,26,27,28). The highest BCUT2D eigenvalue weighted by atomic mass is 19.1. The average Bonchev–Trinajstić information content (AvgIpc) is 3.19. The van der Waals surface area contributed by atoms with E-state index in [-0.39, 0.29) is 30.1 Å². The van der Waals surface area contributed by atoms with Gasteiger partial charge in [-0.15, -0.1) is 0 Å². The summed E-state index contributed by atoms with van der Waals surface area (Å²) in [6.07, 6.45) is 1.84. The summed E-state index contributed by atoms with van der Waals surface area (Å²) in [4.78, 5) is 29.9. The van der Waals surface area contributed by atoms with Crippen molar-refractivity contribution >= 4 is 28.7 Å². The Morgan fingerprint density at radius 1 is 1.23 bits per heavy atom. The predicted molar refractivity (Wildman–Crippen MR) is 115 cm³/mol. The Labute approximate surface area is 179 Å².